The van der Waals surface area contributed by atoms with E-state index in [9.17, 15) is 4.39 Å². The van der Waals surface area contributed by atoms with Gasteiger partial charge in [-0.1, -0.05) is 12.1 Å². The van der Waals surface area contributed by atoms with E-state index < -0.39 is 19.0 Å². The van der Waals surface area contributed by atoms with E-state index in [0.717, 1.165) is 6.07 Å². The summed E-state index contributed by atoms with van der Waals surface area (Å²) in [6.45, 7) is -0.363. The Balaban J connectivity index is 3.01. The largest absolute Gasteiger partial charge is 0.488 e. The van der Waals surface area contributed by atoms with E-state index >= 15 is 0 Å². The van der Waals surface area contributed by atoms with Crippen LogP contribution in [0.15, 0.2) is 18.2 Å². The van der Waals surface area contributed by atoms with Gasteiger partial charge in [-0.2, -0.15) is 0 Å². The van der Waals surface area contributed by atoms with Gasteiger partial charge in [0.15, 0.2) is 0 Å². The zero-order chi connectivity index (χ0) is 10.7. The van der Waals surface area contributed by atoms with Crippen LogP contribution in [0.25, 0.3) is 0 Å². The van der Waals surface area contributed by atoms with Gasteiger partial charge in [0.05, 0.1) is 12.6 Å². The molecule has 1 aromatic rings. The Hall–Kier alpha value is -0.945. The molecule has 0 aliphatic rings. The first kappa shape index (κ1) is 11.1. The van der Waals surface area contributed by atoms with Crippen molar-refractivity contribution >= 4 is 12.6 Å². The molecule has 0 aromatic heterocycles. The highest BCUT2D eigenvalue weighted by Crippen LogP contribution is 2.12. The lowest BCUT2D eigenvalue weighted by atomic mass is 9.79. The lowest BCUT2D eigenvalue weighted by Crippen LogP contribution is -2.30. The number of aliphatic hydroxyl groups is 1. The van der Waals surface area contributed by atoms with Crippen LogP contribution in [0.3, 0.4) is 0 Å². The molecular weight excluding hydrogens is 188 g/mol. The summed E-state index contributed by atoms with van der Waals surface area (Å²) in [4.78, 5) is 0. The summed E-state index contributed by atoms with van der Waals surface area (Å²) in [5.41, 5.74) is 5.61. The van der Waals surface area contributed by atoms with Crippen molar-refractivity contribution in [2.75, 3.05) is 6.61 Å². The molecule has 0 saturated heterocycles. The molecule has 0 heterocycles. The molecule has 76 valence electrons. The normalized spacial score (nSPS) is 12.6. The van der Waals surface area contributed by atoms with E-state index in [2.05, 4.69) is 0 Å². The van der Waals surface area contributed by atoms with Crippen LogP contribution >= 0.6 is 0 Å². The van der Waals surface area contributed by atoms with E-state index in [4.69, 9.17) is 20.9 Å². The van der Waals surface area contributed by atoms with Gasteiger partial charge in [-0.3, -0.25) is 0 Å². The molecule has 0 spiro atoms. The number of hydrogen-bond donors (Lipinski definition) is 4. The first-order valence-electron chi connectivity index (χ1n) is 4.08. The van der Waals surface area contributed by atoms with Crippen LogP contribution < -0.4 is 11.2 Å². The van der Waals surface area contributed by atoms with Crippen molar-refractivity contribution in [2.24, 2.45) is 5.73 Å². The quantitative estimate of drug-likeness (QED) is 0.446. The fourth-order valence-corrected chi connectivity index (χ4v) is 1.10. The highest BCUT2D eigenvalue weighted by atomic mass is 19.1. The highest BCUT2D eigenvalue weighted by Gasteiger charge is 2.15. The van der Waals surface area contributed by atoms with Gasteiger partial charge >= 0.3 is 7.12 Å². The van der Waals surface area contributed by atoms with Crippen LogP contribution in [0.2, 0.25) is 0 Å². The Kier molecular flexibility index (Phi) is 3.59. The summed E-state index contributed by atoms with van der Waals surface area (Å²) in [7, 11) is -1.70. The minimum Gasteiger partial charge on any atom is -0.423 e. The third-order valence-corrected chi connectivity index (χ3v) is 1.92. The van der Waals surface area contributed by atoms with Gasteiger partial charge in [-0.15, -0.1) is 0 Å². The number of halogens is 1. The Labute approximate surface area is 80.9 Å². The molecule has 0 aliphatic heterocycles. The van der Waals surface area contributed by atoms with Crippen molar-refractivity contribution in [1.29, 1.82) is 0 Å². The van der Waals surface area contributed by atoms with Crippen LogP contribution in [0.4, 0.5) is 4.39 Å². The molecule has 0 aliphatic carbocycles. The fraction of sp³-hybridized carbons (Fsp3) is 0.250. The van der Waals surface area contributed by atoms with Gasteiger partial charge in [0.25, 0.3) is 0 Å². The van der Waals surface area contributed by atoms with E-state index in [0.29, 0.717) is 0 Å². The second-order valence-corrected chi connectivity index (χ2v) is 2.94. The summed E-state index contributed by atoms with van der Waals surface area (Å²) < 4.78 is 13.2. The molecule has 0 radical (unpaired) electrons. The molecular formula is C8H11BFNO3. The van der Waals surface area contributed by atoms with Gasteiger partial charge < -0.3 is 20.9 Å². The number of benzene rings is 1. The number of nitrogens with two attached hydrogens (primary N) is 1. The highest BCUT2D eigenvalue weighted by molar-refractivity contribution is 6.58. The summed E-state index contributed by atoms with van der Waals surface area (Å²) >= 11 is 0. The molecule has 0 saturated carbocycles. The van der Waals surface area contributed by atoms with Gasteiger partial charge in [-0.25, -0.2) is 4.39 Å². The maximum Gasteiger partial charge on any atom is 0.488 e. The van der Waals surface area contributed by atoms with Gasteiger partial charge in [0, 0.05) is 5.56 Å². The number of aliphatic hydroxyl groups excluding tert-OH is 1. The standard InChI is InChI=1S/C8H11BFNO3/c10-7-3-5(9(13)14)1-2-6(7)8(11)4-12/h1-3,8,12-14H,4,11H2/t8-/m1/s1. The van der Waals surface area contributed by atoms with Crippen LogP contribution in [-0.4, -0.2) is 28.9 Å². The first-order valence-corrected chi connectivity index (χ1v) is 4.08. The van der Waals surface area contributed by atoms with Crippen molar-refractivity contribution in [3.63, 3.8) is 0 Å². The van der Waals surface area contributed by atoms with Crippen molar-refractivity contribution < 1.29 is 19.5 Å². The monoisotopic (exact) mass is 199 g/mol. The predicted octanol–water partition coefficient (Wildman–Crippen LogP) is -1.50. The molecule has 0 amide bonds. The Morgan fingerprint density at radius 3 is 2.50 bits per heavy atom. The summed E-state index contributed by atoms with van der Waals surface area (Å²) in [5.74, 6) is -0.655. The van der Waals surface area contributed by atoms with E-state index in [1.54, 1.807) is 0 Å². The molecule has 4 nitrogen and oxygen atoms in total. The molecule has 1 atom stereocenters. The van der Waals surface area contributed by atoms with Gasteiger partial charge in [-0.05, 0) is 11.5 Å². The fourth-order valence-electron chi connectivity index (χ4n) is 1.10. The first-order chi connectivity index (χ1) is 6.56. The van der Waals surface area contributed by atoms with Crippen LogP contribution in [0.1, 0.15) is 11.6 Å². The molecule has 1 aromatic carbocycles. The molecule has 6 heteroatoms. The SMILES string of the molecule is N[C@H](CO)c1ccc(B(O)O)cc1F. The molecule has 5 N–H and O–H groups in total. The Morgan fingerprint density at radius 1 is 1.43 bits per heavy atom. The second kappa shape index (κ2) is 4.52. The second-order valence-electron chi connectivity index (χ2n) is 2.94. The Bertz CT molecular complexity index is 321. The zero-order valence-electron chi connectivity index (χ0n) is 7.39. The van der Waals surface area contributed by atoms with Crippen molar-refractivity contribution in [3.05, 3.63) is 29.6 Å². The lowest BCUT2D eigenvalue weighted by Gasteiger charge is -2.10. The summed E-state index contributed by atoms with van der Waals surface area (Å²) in [6.07, 6.45) is 0. The van der Waals surface area contributed by atoms with E-state index in [1.165, 1.54) is 12.1 Å². The third kappa shape index (κ3) is 2.30. The van der Waals surface area contributed by atoms with E-state index in [-0.39, 0.29) is 17.6 Å². The molecule has 0 fully saturated rings. The molecule has 0 unspecified atom stereocenters. The van der Waals surface area contributed by atoms with Crippen molar-refractivity contribution in [1.82, 2.24) is 0 Å². The smallest absolute Gasteiger partial charge is 0.423 e. The number of rotatable bonds is 3. The summed E-state index contributed by atoms with van der Waals surface area (Å²) in [6, 6.07) is 2.86. The summed E-state index contributed by atoms with van der Waals surface area (Å²) in [5, 5.41) is 26.2. The molecule has 1 rings (SSSR count). The third-order valence-electron chi connectivity index (χ3n) is 1.92. The van der Waals surface area contributed by atoms with E-state index in [1.807, 2.05) is 0 Å². The number of hydrogen-bond acceptors (Lipinski definition) is 4. The minimum atomic E-state index is -1.70. The van der Waals surface area contributed by atoms with Gasteiger partial charge in [0.2, 0.25) is 0 Å². The lowest BCUT2D eigenvalue weighted by molar-refractivity contribution is 0.265. The van der Waals surface area contributed by atoms with Crippen LogP contribution in [0.5, 0.6) is 0 Å². The topological polar surface area (TPSA) is 86.7 Å². The zero-order valence-corrected chi connectivity index (χ0v) is 7.39. The predicted molar refractivity (Wildman–Crippen MR) is 50.2 cm³/mol. The van der Waals surface area contributed by atoms with Crippen molar-refractivity contribution in [2.45, 2.75) is 6.04 Å². The van der Waals surface area contributed by atoms with Gasteiger partial charge in [0.1, 0.15) is 5.82 Å². The minimum absolute atomic E-state index is 0.0522. The molecule has 0 bridgehead atoms. The maximum atomic E-state index is 13.2. The Morgan fingerprint density at radius 2 is 2.07 bits per heavy atom. The van der Waals surface area contributed by atoms with Crippen LogP contribution in [0, 0.1) is 5.82 Å². The van der Waals surface area contributed by atoms with Crippen LogP contribution in [-0.2, 0) is 0 Å². The average Bonchev–Trinajstić information content (AvgIpc) is 2.16. The average molecular weight is 199 g/mol. The maximum absolute atomic E-state index is 13.2. The molecule has 14 heavy (non-hydrogen) atoms. The van der Waals surface area contributed by atoms with Crippen molar-refractivity contribution in [3.8, 4) is 0 Å².